The lowest BCUT2D eigenvalue weighted by Gasteiger charge is -2.00. The van der Waals surface area contributed by atoms with Crippen molar-refractivity contribution in [1.82, 2.24) is 5.32 Å². The molecule has 2 aromatic carbocycles. The van der Waals surface area contributed by atoms with E-state index in [4.69, 9.17) is 0 Å². The molecule has 4 heteroatoms. The maximum atomic E-state index is 11.9. The average Bonchev–Trinajstić information content (AvgIpc) is 2.87. The van der Waals surface area contributed by atoms with Gasteiger partial charge >= 0.3 is 0 Å². The number of thioether (sulfide) groups is 1. The van der Waals surface area contributed by atoms with Gasteiger partial charge in [-0.1, -0.05) is 72.4 Å². The first-order valence-corrected chi connectivity index (χ1v) is 7.63. The second-order valence-corrected chi connectivity index (χ2v) is 5.55. The van der Waals surface area contributed by atoms with Crippen LogP contribution in [0.2, 0.25) is 0 Å². The zero-order valence-corrected chi connectivity index (χ0v) is 12.1. The number of amidine groups is 1. The Morgan fingerprint density at radius 3 is 2.38 bits per heavy atom. The van der Waals surface area contributed by atoms with Gasteiger partial charge in [-0.3, -0.25) is 10.1 Å². The van der Waals surface area contributed by atoms with Crippen molar-refractivity contribution >= 4 is 28.9 Å². The molecule has 0 unspecified atom stereocenters. The van der Waals surface area contributed by atoms with E-state index in [1.54, 1.807) is 6.08 Å². The second-order valence-electron chi connectivity index (χ2n) is 4.59. The molecule has 1 aliphatic heterocycles. The highest BCUT2D eigenvalue weighted by Gasteiger charge is 2.20. The molecule has 0 fully saturated rings. The van der Waals surface area contributed by atoms with Crippen LogP contribution in [0.5, 0.6) is 0 Å². The van der Waals surface area contributed by atoms with E-state index in [1.807, 2.05) is 48.5 Å². The van der Waals surface area contributed by atoms with Crippen LogP contribution < -0.4 is 5.32 Å². The van der Waals surface area contributed by atoms with Crippen LogP contribution in [-0.4, -0.2) is 11.1 Å². The van der Waals surface area contributed by atoms with Gasteiger partial charge in [0.15, 0.2) is 5.17 Å². The molecule has 1 amide bonds. The second kappa shape index (κ2) is 6.41. The maximum Gasteiger partial charge on any atom is 0.275 e. The molecule has 1 heterocycles. The Kier molecular flexibility index (Phi) is 4.17. The third-order valence-electron chi connectivity index (χ3n) is 3.00. The largest absolute Gasteiger partial charge is 0.300 e. The minimum Gasteiger partial charge on any atom is -0.300 e. The highest BCUT2D eigenvalue weighted by atomic mass is 32.2. The molecule has 0 saturated heterocycles. The Labute approximate surface area is 127 Å². The monoisotopic (exact) mass is 294 g/mol. The number of hydrogen-bond acceptors (Lipinski definition) is 3. The van der Waals surface area contributed by atoms with Crippen molar-refractivity contribution in [3.63, 3.8) is 0 Å². The van der Waals surface area contributed by atoms with Crippen LogP contribution in [0, 0.1) is 0 Å². The van der Waals surface area contributed by atoms with Crippen molar-refractivity contribution in [2.24, 2.45) is 4.99 Å². The first-order valence-electron chi connectivity index (χ1n) is 6.65. The zero-order valence-electron chi connectivity index (χ0n) is 11.3. The van der Waals surface area contributed by atoms with Gasteiger partial charge in [0, 0.05) is 5.75 Å². The van der Waals surface area contributed by atoms with Gasteiger partial charge < -0.3 is 0 Å². The summed E-state index contributed by atoms with van der Waals surface area (Å²) in [6.07, 6.45) is 1.80. The Bertz CT molecular complexity index is 693. The molecule has 1 aliphatic rings. The molecule has 0 radical (unpaired) electrons. The van der Waals surface area contributed by atoms with E-state index in [0.717, 1.165) is 11.3 Å². The van der Waals surface area contributed by atoms with E-state index < -0.39 is 0 Å². The molecule has 2 aromatic rings. The average molecular weight is 294 g/mol. The number of rotatable bonds is 3. The summed E-state index contributed by atoms with van der Waals surface area (Å²) in [6.45, 7) is 0. The lowest BCUT2D eigenvalue weighted by atomic mass is 10.2. The molecule has 3 nitrogen and oxygen atoms in total. The van der Waals surface area contributed by atoms with Gasteiger partial charge in [-0.05, 0) is 17.2 Å². The zero-order chi connectivity index (χ0) is 14.5. The molecular weight excluding hydrogens is 280 g/mol. The number of hydrogen-bond donors (Lipinski definition) is 1. The Morgan fingerprint density at radius 1 is 1.00 bits per heavy atom. The van der Waals surface area contributed by atoms with Crippen molar-refractivity contribution in [2.45, 2.75) is 5.75 Å². The summed E-state index contributed by atoms with van der Waals surface area (Å²) in [5.41, 5.74) is 2.64. The number of aliphatic imine (C=N–C) groups is 1. The van der Waals surface area contributed by atoms with Crippen LogP contribution in [-0.2, 0) is 10.5 Å². The summed E-state index contributed by atoms with van der Waals surface area (Å²) in [6, 6.07) is 19.8. The predicted molar refractivity (Wildman–Crippen MR) is 87.7 cm³/mol. The lowest BCUT2D eigenvalue weighted by Crippen LogP contribution is -2.21. The standard InChI is InChI=1S/C17H14N2OS/c20-16-15(11-13-7-3-1-4-8-13)18-17(19-16)21-12-14-9-5-2-6-10-14/h1-11H,12H2,(H,18,19,20)/b15-11-. The van der Waals surface area contributed by atoms with Gasteiger partial charge in [-0.2, -0.15) is 0 Å². The summed E-state index contributed by atoms with van der Waals surface area (Å²) >= 11 is 1.53. The highest BCUT2D eigenvalue weighted by molar-refractivity contribution is 8.13. The van der Waals surface area contributed by atoms with E-state index >= 15 is 0 Å². The SMILES string of the molecule is O=C1NC(SCc2ccccc2)=N/C1=C\c1ccccc1. The third-order valence-corrected chi connectivity index (χ3v) is 3.94. The highest BCUT2D eigenvalue weighted by Crippen LogP contribution is 2.19. The van der Waals surface area contributed by atoms with Crippen molar-refractivity contribution in [3.05, 3.63) is 77.5 Å². The number of nitrogens with one attached hydrogen (secondary N) is 1. The first-order chi connectivity index (χ1) is 10.3. The number of carbonyl (C=O) groups is 1. The van der Waals surface area contributed by atoms with Crippen LogP contribution in [0.3, 0.4) is 0 Å². The van der Waals surface area contributed by atoms with Gasteiger partial charge in [0.25, 0.3) is 5.91 Å². The van der Waals surface area contributed by atoms with Crippen LogP contribution in [0.1, 0.15) is 11.1 Å². The molecule has 0 spiro atoms. The quantitative estimate of drug-likeness (QED) is 0.881. The number of benzene rings is 2. The van der Waals surface area contributed by atoms with Gasteiger partial charge in [-0.15, -0.1) is 0 Å². The van der Waals surface area contributed by atoms with Gasteiger partial charge in [0.05, 0.1) is 0 Å². The summed E-state index contributed by atoms with van der Waals surface area (Å²) in [5, 5.41) is 3.46. The summed E-state index contributed by atoms with van der Waals surface area (Å²) in [5.74, 6) is 0.646. The summed E-state index contributed by atoms with van der Waals surface area (Å²) in [7, 11) is 0. The Morgan fingerprint density at radius 2 is 1.67 bits per heavy atom. The Balaban J connectivity index is 1.69. The lowest BCUT2D eigenvalue weighted by molar-refractivity contribution is -0.115. The predicted octanol–water partition coefficient (Wildman–Crippen LogP) is 3.45. The minimum absolute atomic E-state index is 0.144. The molecule has 104 valence electrons. The number of amides is 1. The van der Waals surface area contributed by atoms with Crippen LogP contribution in [0.25, 0.3) is 6.08 Å². The van der Waals surface area contributed by atoms with Crippen molar-refractivity contribution in [2.75, 3.05) is 0 Å². The van der Waals surface area contributed by atoms with Gasteiger partial charge in [0.1, 0.15) is 5.70 Å². The minimum atomic E-state index is -0.144. The van der Waals surface area contributed by atoms with Crippen molar-refractivity contribution in [1.29, 1.82) is 0 Å². The molecular formula is C17H14N2OS. The van der Waals surface area contributed by atoms with Gasteiger partial charge in [-0.25, -0.2) is 4.99 Å². The first kappa shape index (κ1) is 13.6. The number of carbonyl (C=O) groups excluding carboxylic acids is 1. The van der Waals surface area contributed by atoms with E-state index in [-0.39, 0.29) is 5.91 Å². The smallest absolute Gasteiger partial charge is 0.275 e. The van der Waals surface area contributed by atoms with E-state index in [2.05, 4.69) is 22.4 Å². The third kappa shape index (κ3) is 3.61. The normalized spacial score (nSPS) is 15.9. The fraction of sp³-hybridized carbons (Fsp3) is 0.0588. The number of nitrogens with zero attached hydrogens (tertiary/aromatic N) is 1. The maximum absolute atomic E-state index is 11.9. The molecule has 0 saturated carbocycles. The van der Waals surface area contributed by atoms with Crippen molar-refractivity contribution in [3.8, 4) is 0 Å². The summed E-state index contributed by atoms with van der Waals surface area (Å²) < 4.78 is 0. The van der Waals surface area contributed by atoms with E-state index in [0.29, 0.717) is 10.9 Å². The van der Waals surface area contributed by atoms with Crippen LogP contribution in [0.15, 0.2) is 71.4 Å². The van der Waals surface area contributed by atoms with E-state index in [9.17, 15) is 4.79 Å². The van der Waals surface area contributed by atoms with Crippen LogP contribution >= 0.6 is 11.8 Å². The molecule has 0 bridgehead atoms. The summed E-state index contributed by atoms with van der Waals surface area (Å²) in [4.78, 5) is 16.3. The molecule has 21 heavy (non-hydrogen) atoms. The molecule has 0 atom stereocenters. The van der Waals surface area contributed by atoms with Gasteiger partial charge in [0.2, 0.25) is 0 Å². The van der Waals surface area contributed by atoms with Crippen LogP contribution in [0.4, 0.5) is 0 Å². The molecule has 1 N–H and O–H groups in total. The molecule has 0 aliphatic carbocycles. The molecule has 0 aromatic heterocycles. The van der Waals surface area contributed by atoms with Crippen molar-refractivity contribution < 1.29 is 4.79 Å². The fourth-order valence-corrected chi connectivity index (χ4v) is 2.77. The van der Waals surface area contributed by atoms with E-state index in [1.165, 1.54) is 17.3 Å². The Hall–Kier alpha value is -2.33. The topological polar surface area (TPSA) is 41.5 Å². The molecule has 3 rings (SSSR count). The fourth-order valence-electron chi connectivity index (χ4n) is 1.95.